The Kier molecular flexibility index (Phi) is 8.57. The first-order chi connectivity index (χ1) is 17.2. The predicted molar refractivity (Wildman–Crippen MR) is 136 cm³/mol. The fourth-order valence-corrected chi connectivity index (χ4v) is 4.82. The number of hydrogen-bond donors (Lipinski definition) is 2. The van der Waals surface area contributed by atoms with Gasteiger partial charge in [0.1, 0.15) is 17.2 Å². The van der Waals surface area contributed by atoms with Crippen molar-refractivity contribution >= 4 is 23.4 Å². The number of rotatable bonds is 10. The number of H-pyrrole nitrogens is 1. The van der Waals surface area contributed by atoms with Gasteiger partial charge in [0.15, 0.2) is 0 Å². The fraction of sp³-hybridized carbons (Fsp3) is 0.444. The summed E-state index contributed by atoms with van der Waals surface area (Å²) in [6, 6.07) is 6.33. The lowest BCUT2D eigenvalue weighted by Crippen LogP contribution is -2.33. The molecule has 0 radical (unpaired) electrons. The van der Waals surface area contributed by atoms with Gasteiger partial charge in [-0.1, -0.05) is 26.0 Å². The highest BCUT2D eigenvalue weighted by Crippen LogP contribution is 2.41. The van der Waals surface area contributed by atoms with E-state index in [4.69, 9.17) is 9.47 Å². The largest absolute Gasteiger partial charge is 0.507 e. The predicted octanol–water partition coefficient (Wildman–Crippen LogP) is 3.58. The molecule has 36 heavy (non-hydrogen) atoms. The van der Waals surface area contributed by atoms with Crippen molar-refractivity contribution < 1.29 is 29.0 Å². The summed E-state index contributed by atoms with van der Waals surface area (Å²) in [6.07, 6.45) is 0.671. The first-order valence-electron chi connectivity index (χ1n) is 12.1. The number of methoxy groups -OCH3 is 2. The van der Waals surface area contributed by atoms with E-state index in [2.05, 4.69) is 23.7 Å². The molecule has 1 aromatic heterocycles. The SMILES string of the molecule is CCN(CC)CCCN1C(=O)C(=O)/C(=C(/O)c2c(C)[nH]c(C(=O)OC)c2C)[C@H]1c1cccc(OC)c1. The molecule has 1 fully saturated rings. The van der Waals surface area contributed by atoms with Gasteiger partial charge in [0, 0.05) is 17.8 Å². The Labute approximate surface area is 211 Å². The van der Waals surface area contributed by atoms with E-state index in [1.165, 1.54) is 12.0 Å². The number of amides is 1. The zero-order valence-electron chi connectivity index (χ0n) is 21.8. The van der Waals surface area contributed by atoms with Crippen LogP contribution in [0.1, 0.15) is 59.2 Å². The highest BCUT2D eigenvalue weighted by atomic mass is 16.5. The van der Waals surface area contributed by atoms with Gasteiger partial charge in [-0.15, -0.1) is 0 Å². The van der Waals surface area contributed by atoms with Crippen LogP contribution in [0.4, 0.5) is 0 Å². The minimum atomic E-state index is -0.799. The average Bonchev–Trinajstić information content (AvgIpc) is 3.32. The average molecular weight is 498 g/mol. The monoisotopic (exact) mass is 497 g/mol. The molecule has 1 aromatic carbocycles. The third-order valence-electron chi connectivity index (χ3n) is 6.78. The van der Waals surface area contributed by atoms with E-state index in [9.17, 15) is 19.5 Å². The zero-order valence-corrected chi connectivity index (χ0v) is 21.8. The highest BCUT2D eigenvalue weighted by molar-refractivity contribution is 6.46. The Balaban J connectivity index is 2.14. The number of ketones is 1. The molecule has 0 saturated carbocycles. The molecule has 1 atom stereocenters. The molecule has 2 aromatic rings. The van der Waals surface area contributed by atoms with Crippen LogP contribution in [0.2, 0.25) is 0 Å². The number of Topliss-reactive ketones (excluding diaryl/α,β-unsaturated/α-hetero) is 1. The van der Waals surface area contributed by atoms with Crippen LogP contribution in [0.5, 0.6) is 5.75 Å². The van der Waals surface area contributed by atoms with Crippen molar-refractivity contribution in [3.63, 3.8) is 0 Å². The molecular formula is C27H35N3O6. The second-order valence-corrected chi connectivity index (χ2v) is 8.77. The van der Waals surface area contributed by atoms with Gasteiger partial charge in [-0.2, -0.15) is 0 Å². The summed E-state index contributed by atoms with van der Waals surface area (Å²) in [5, 5.41) is 11.5. The molecule has 0 aliphatic carbocycles. The van der Waals surface area contributed by atoms with E-state index in [0.29, 0.717) is 41.1 Å². The third kappa shape index (κ3) is 5.02. The maximum absolute atomic E-state index is 13.3. The zero-order chi connectivity index (χ0) is 26.6. The van der Waals surface area contributed by atoms with Crippen LogP contribution in [0.15, 0.2) is 29.8 Å². The molecule has 2 heterocycles. The summed E-state index contributed by atoms with van der Waals surface area (Å²) in [6.45, 7) is 10.4. The normalized spacial score (nSPS) is 17.2. The number of carbonyl (C=O) groups is 3. The van der Waals surface area contributed by atoms with Gasteiger partial charge in [-0.3, -0.25) is 9.59 Å². The Morgan fingerprint density at radius 1 is 1.17 bits per heavy atom. The Morgan fingerprint density at radius 3 is 2.47 bits per heavy atom. The first kappa shape index (κ1) is 27.0. The van der Waals surface area contributed by atoms with Gasteiger partial charge in [0.25, 0.3) is 11.7 Å². The standard InChI is InChI=1S/C27H35N3O6/c1-7-29(8-2)13-10-14-30-23(18-11-9-12-19(15-18)35-5)21(25(32)26(30)33)24(31)20-16(3)22(27(34)36-6)28-17(20)4/h9,11-12,15,23,28,31H,7-8,10,13-14H2,1-6H3/b24-21+/t23-/m1/s1. The summed E-state index contributed by atoms with van der Waals surface area (Å²) in [5.74, 6) is -1.77. The maximum Gasteiger partial charge on any atom is 0.354 e. The first-order valence-corrected chi connectivity index (χ1v) is 12.1. The van der Waals surface area contributed by atoms with E-state index in [1.807, 2.05) is 0 Å². The van der Waals surface area contributed by atoms with Gasteiger partial charge in [-0.25, -0.2) is 4.79 Å². The van der Waals surface area contributed by atoms with Crippen molar-refractivity contribution in [2.45, 2.75) is 40.2 Å². The number of hydrogen-bond acceptors (Lipinski definition) is 7. The number of aliphatic hydroxyl groups is 1. The summed E-state index contributed by atoms with van der Waals surface area (Å²) in [4.78, 5) is 45.5. The summed E-state index contributed by atoms with van der Waals surface area (Å²) in [7, 11) is 2.81. The molecule has 194 valence electrons. The molecule has 0 spiro atoms. The number of nitrogens with one attached hydrogen (secondary N) is 1. The number of nitrogens with zero attached hydrogens (tertiary/aromatic N) is 2. The van der Waals surface area contributed by atoms with Crippen LogP contribution in [-0.2, 0) is 14.3 Å². The molecule has 3 rings (SSSR count). The van der Waals surface area contributed by atoms with E-state index in [-0.39, 0.29) is 17.0 Å². The van der Waals surface area contributed by atoms with Gasteiger partial charge in [-0.05, 0) is 63.2 Å². The summed E-state index contributed by atoms with van der Waals surface area (Å²) in [5.41, 5.74) is 2.05. The van der Waals surface area contributed by atoms with Crippen LogP contribution >= 0.6 is 0 Å². The molecule has 0 bridgehead atoms. The van der Waals surface area contributed by atoms with E-state index in [1.54, 1.807) is 45.2 Å². The topological polar surface area (TPSA) is 112 Å². The van der Waals surface area contributed by atoms with Crippen molar-refractivity contribution in [3.8, 4) is 5.75 Å². The van der Waals surface area contributed by atoms with Crippen LogP contribution < -0.4 is 4.74 Å². The lowest BCUT2D eigenvalue weighted by atomic mass is 9.94. The quantitative estimate of drug-likeness (QED) is 0.223. The lowest BCUT2D eigenvalue weighted by molar-refractivity contribution is -0.140. The molecular weight excluding hydrogens is 462 g/mol. The number of benzene rings is 1. The molecule has 1 aliphatic rings. The number of aromatic amines is 1. The number of ether oxygens (including phenoxy) is 2. The highest BCUT2D eigenvalue weighted by Gasteiger charge is 2.46. The second-order valence-electron chi connectivity index (χ2n) is 8.77. The molecule has 1 aliphatic heterocycles. The Morgan fingerprint density at radius 2 is 1.86 bits per heavy atom. The lowest BCUT2D eigenvalue weighted by Gasteiger charge is -2.27. The van der Waals surface area contributed by atoms with Gasteiger partial charge < -0.3 is 29.4 Å². The number of esters is 1. The van der Waals surface area contributed by atoms with Gasteiger partial charge in [0.05, 0.1) is 25.8 Å². The number of aliphatic hydroxyl groups excluding tert-OH is 1. The second kappa shape index (κ2) is 11.4. The smallest absolute Gasteiger partial charge is 0.354 e. The van der Waals surface area contributed by atoms with Crippen molar-refractivity contribution in [1.82, 2.24) is 14.8 Å². The molecule has 2 N–H and O–H groups in total. The third-order valence-corrected chi connectivity index (χ3v) is 6.78. The molecule has 1 amide bonds. The molecule has 9 nitrogen and oxygen atoms in total. The summed E-state index contributed by atoms with van der Waals surface area (Å²) < 4.78 is 10.2. The van der Waals surface area contributed by atoms with Crippen LogP contribution in [0, 0.1) is 13.8 Å². The van der Waals surface area contributed by atoms with E-state index >= 15 is 0 Å². The Hall–Kier alpha value is -3.59. The van der Waals surface area contributed by atoms with Crippen molar-refractivity contribution in [1.29, 1.82) is 0 Å². The Bertz CT molecular complexity index is 1180. The minimum absolute atomic E-state index is 0.0160. The number of aromatic nitrogens is 1. The summed E-state index contributed by atoms with van der Waals surface area (Å²) >= 11 is 0. The molecule has 9 heteroatoms. The van der Waals surface area contributed by atoms with Crippen molar-refractivity contribution in [3.05, 3.63) is 57.9 Å². The van der Waals surface area contributed by atoms with Gasteiger partial charge in [0.2, 0.25) is 0 Å². The van der Waals surface area contributed by atoms with E-state index in [0.717, 1.165) is 19.6 Å². The van der Waals surface area contributed by atoms with Crippen LogP contribution in [-0.4, -0.2) is 77.9 Å². The maximum atomic E-state index is 13.3. The van der Waals surface area contributed by atoms with Crippen LogP contribution in [0.3, 0.4) is 0 Å². The number of aryl methyl sites for hydroxylation is 1. The molecule has 1 saturated heterocycles. The molecule has 0 unspecified atom stereocenters. The van der Waals surface area contributed by atoms with Crippen LogP contribution in [0.25, 0.3) is 5.76 Å². The minimum Gasteiger partial charge on any atom is -0.507 e. The van der Waals surface area contributed by atoms with Gasteiger partial charge >= 0.3 is 5.97 Å². The van der Waals surface area contributed by atoms with E-state index < -0.39 is 23.7 Å². The number of carbonyl (C=O) groups excluding carboxylic acids is 3. The van der Waals surface area contributed by atoms with Crippen molar-refractivity contribution in [2.24, 2.45) is 0 Å². The number of likely N-dealkylation sites (tertiary alicyclic amines) is 1. The fourth-order valence-electron chi connectivity index (χ4n) is 4.82. The van der Waals surface area contributed by atoms with Crippen molar-refractivity contribution in [2.75, 3.05) is 40.4 Å².